The molecule has 0 N–H and O–H groups in total. The monoisotopic (exact) mass is 234 g/mol. The van der Waals surface area contributed by atoms with E-state index in [9.17, 15) is 8.42 Å². The molecule has 1 atom stereocenters. The van der Waals surface area contributed by atoms with E-state index in [1.165, 1.54) is 6.26 Å². The summed E-state index contributed by atoms with van der Waals surface area (Å²) in [5, 5.41) is 1.76. The van der Waals surface area contributed by atoms with Gasteiger partial charge in [0.2, 0.25) is 0 Å². The summed E-state index contributed by atoms with van der Waals surface area (Å²) >= 11 is 0. The van der Waals surface area contributed by atoms with Crippen LogP contribution < -0.4 is 0 Å². The summed E-state index contributed by atoms with van der Waals surface area (Å²) in [4.78, 5) is 0. The Morgan fingerprint density at radius 1 is 1.00 bits per heavy atom. The van der Waals surface area contributed by atoms with E-state index >= 15 is 0 Å². The second-order valence-electron chi connectivity index (χ2n) is 4.08. The molecule has 0 fully saturated rings. The zero-order valence-electron chi connectivity index (χ0n) is 9.34. The molecule has 2 aromatic carbocycles. The van der Waals surface area contributed by atoms with E-state index < -0.39 is 15.1 Å². The Kier molecular flexibility index (Phi) is 2.72. The van der Waals surface area contributed by atoms with E-state index in [1.807, 2.05) is 42.5 Å². The molecule has 0 aliphatic rings. The minimum atomic E-state index is -3.02. The second-order valence-corrected chi connectivity index (χ2v) is 6.44. The Morgan fingerprint density at radius 2 is 1.62 bits per heavy atom. The summed E-state index contributed by atoms with van der Waals surface area (Å²) in [5.41, 5.74) is 0.848. The van der Waals surface area contributed by atoms with Gasteiger partial charge in [0, 0.05) is 6.26 Å². The van der Waals surface area contributed by atoms with Crippen LogP contribution in [0.25, 0.3) is 10.8 Å². The number of rotatable bonds is 2. The Labute approximate surface area is 95.8 Å². The van der Waals surface area contributed by atoms with E-state index in [2.05, 4.69) is 0 Å². The van der Waals surface area contributed by atoms with Gasteiger partial charge < -0.3 is 0 Å². The van der Waals surface area contributed by atoms with Crippen LogP contribution >= 0.6 is 0 Å². The molecule has 84 valence electrons. The van der Waals surface area contributed by atoms with Gasteiger partial charge in [-0.05, 0) is 29.3 Å². The average molecular weight is 234 g/mol. The Balaban J connectivity index is 2.55. The fraction of sp³-hybridized carbons (Fsp3) is 0.231. The first-order valence-electron chi connectivity index (χ1n) is 5.16. The van der Waals surface area contributed by atoms with Crippen molar-refractivity contribution in [3.63, 3.8) is 0 Å². The lowest BCUT2D eigenvalue weighted by Crippen LogP contribution is -2.07. The third kappa shape index (κ3) is 2.09. The Bertz CT molecular complexity index is 615. The second kappa shape index (κ2) is 3.91. The third-order valence-corrected chi connectivity index (χ3v) is 4.44. The Hall–Kier alpha value is -1.35. The largest absolute Gasteiger partial charge is 0.229 e. The fourth-order valence-corrected chi connectivity index (χ4v) is 2.35. The topological polar surface area (TPSA) is 34.1 Å². The van der Waals surface area contributed by atoms with Crippen molar-refractivity contribution < 1.29 is 8.42 Å². The van der Waals surface area contributed by atoms with Gasteiger partial charge in [-0.1, -0.05) is 36.4 Å². The molecule has 16 heavy (non-hydrogen) atoms. The summed E-state index contributed by atoms with van der Waals surface area (Å²) in [5.74, 6) is 0. The van der Waals surface area contributed by atoms with Crippen molar-refractivity contribution in [2.75, 3.05) is 6.26 Å². The first-order chi connectivity index (χ1) is 7.48. The SMILES string of the molecule is CC(c1ccc2ccccc2c1)S(C)(=O)=O. The van der Waals surface area contributed by atoms with E-state index in [0.717, 1.165) is 16.3 Å². The van der Waals surface area contributed by atoms with Gasteiger partial charge in [0.1, 0.15) is 0 Å². The van der Waals surface area contributed by atoms with Crippen molar-refractivity contribution in [1.82, 2.24) is 0 Å². The Morgan fingerprint density at radius 3 is 2.25 bits per heavy atom. The van der Waals surface area contributed by atoms with Gasteiger partial charge in [0.15, 0.2) is 9.84 Å². The van der Waals surface area contributed by atoms with Gasteiger partial charge in [-0.2, -0.15) is 0 Å². The smallest absolute Gasteiger partial charge is 0.154 e. The van der Waals surface area contributed by atoms with E-state index in [0.29, 0.717) is 0 Å². The number of hydrogen-bond donors (Lipinski definition) is 0. The van der Waals surface area contributed by atoms with Crippen LogP contribution in [0.15, 0.2) is 42.5 Å². The lowest BCUT2D eigenvalue weighted by Gasteiger charge is -2.10. The first-order valence-corrected chi connectivity index (χ1v) is 7.11. The van der Waals surface area contributed by atoms with Crippen LogP contribution in [-0.2, 0) is 9.84 Å². The summed E-state index contributed by atoms with van der Waals surface area (Å²) in [6, 6.07) is 13.7. The summed E-state index contributed by atoms with van der Waals surface area (Å²) in [7, 11) is -3.02. The molecule has 2 aromatic rings. The van der Waals surface area contributed by atoms with Crippen molar-refractivity contribution >= 4 is 20.6 Å². The minimum absolute atomic E-state index is 0.447. The van der Waals surface area contributed by atoms with Gasteiger partial charge in [0.25, 0.3) is 0 Å². The lowest BCUT2D eigenvalue weighted by molar-refractivity contribution is 0.592. The lowest BCUT2D eigenvalue weighted by atomic mass is 10.1. The summed E-state index contributed by atoms with van der Waals surface area (Å²) in [6.07, 6.45) is 1.27. The minimum Gasteiger partial charge on any atom is -0.229 e. The zero-order valence-corrected chi connectivity index (χ0v) is 10.2. The zero-order chi connectivity index (χ0) is 11.8. The van der Waals surface area contributed by atoms with Crippen LogP contribution in [0.4, 0.5) is 0 Å². The number of sulfone groups is 1. The van der Waals surface area contributed by atoms with Crippen molar-refractivity contribution in [2.24, 2.45) is 0 Å². The van der Waals surface area contributed by atoms with Crippen LogP contribution in [0.1, 0.15) is 17.7 Å². The molecule has 0 spiro atoms. The average Bonchev–Trinajstić information content (AvgIpc) is 2.26. The maximum absolute atomic E-state index is 11.5. The van der Waals surface area contributed by atoms with Crippen molar-refractivity contribution in [2.45, 2.75) is 12.2 Å². The van der Waals surface area contributed by atoms with E-state index in [4.69, 9.17) is 0 Å². The molecule has 1 unspecified atom stereocenters. The van der Waals surface area contributed by atoms with Crippen LogP contribution in [0.3, 0.4) is 0 Å². The highest BCUT2D eigenvalue weighted by atomic mass is 32.2. The van der Waals surface area contributed by atoms with E-state index in [1.54, 1.807) is 6.92 Å². The van der Waals surface area contributed by atoms with Crippen molar-refractivity contribution in [3.8, 4) is 0 Å². The van der Waals surface area contributed by atoms with Gasteiger partial charge in [0.05, 0.1) is 5.25 Å². The molecule has 2 rings (SSSR count). The summed E-state index contributed by atoms with van der Waals surface area (Å²) < 4.78 is 22.9. The van der Waals surface area contributed by atoms with Gasteiger partial charge in [-0.25, -0.2) is 8.42 Å². The number of benzene rings is 2. The van der Waals surface area contributed by atoms with E-state index in [-0.39, 0.29) is 0 Å². The standard InChI is InChI=1S/C13H14O2S/c1-10(16(2,14)15)12-8-7-11-5-3-4-6-13(11)9-12/h3-10H,1-2H3. The highest BCUT2D eigenvalue weighted by Crippen LogP contribution is 2.24. The van der Waals surface area contributed by atoms with Crippen LogP contribution in [0.5, 0.6) is 0 Å². The first kappa shape index (κ1) is 11.1. The normalized spacial score (nSPS) is 13.9. The highest BCUT2D eigenvalue weighted by Gasteiger charge is 2.16. The van der Waals surface area contributed by atoms with Gasteiger partial charge in [-0.3, -0.25) is 0 Å². The van der Waals surface area contributed by atoms with Crippen LogP contribution in [0.2, 0.25) is 0 Å². The molecule has 3 heteroatoms. The fourth-order valence-electron chi connectivity index (χ4n) is 1.71. The van der Waals surface area contributed by atoms with Crippen LogP contribution in [0, 0.1) is 0 Å². The van der Waals surface area contributed by atoms with Crippen molar-refractivity contribution in [3.05, 3.63) is 48.0 Å². The molecule has 0 saturated heterocycles. The highest BCUT2D eigenvalue weighted by molar-refractivity contribution is 7.90. The van der Waals surface area contributed by atoms with Crippen LogP contribution in [-0.4, -0.2) is 14.7 Å². The van der Waals surface area contributed by atoms with Gasteiger partial charge in [-0.15, -0.1) is 0 Å². The molecule has 0 aromatic heterocycles. The quantitative estimate of drug-likeness (QED) is 0.800. The molecular formula is C13H14O2S. The number of fused-ring (bicyclic) bond motifs is 1. The molecule has 0 radical (unpaired) electrons. The maximum Gasteiger partial charge on any atom is 0.154 e. The molecule has 2 nitrogen and oxygen atoms in total. The predicted molar refractivity (Wildman–Crippen MR) is 67.2 cm³/mol. The predicted octanol–water partition coefficient (Wildman–Crippen LogP) is 2.95. The third-order valence-electron chi connectivity index (χ3n) is 2.89. The maximum atomic E-state index is 11.5. The molecule has 0 aliphatic carbocycles. The summed E-state index contributed by atoms with van der Waals surface area (Å²) in [6.45, 7) is 1.72. The number of hydrogen-bond acceptors (Lipinski definition) is 2. The van der Waals surface area contributed by atoms with Gasteiger partial charge >= 0.3 is 0 Å². The molecule has 0 aliphatic heterocycles. The molecule has 0 saturated carbocycles. The van der Waals surface area contributed by atoms with Crippen molar-refractivity contribution in [1.29, 1.82) is 0 Å². The molecule has 0 amide bonds. The molecule has 0 bridgehead atoms. The molecule has 0 heterocycles. The molecular weight excluding hydrogens is 220 g/mol.